The Morgan fingerprint density at radius 2 is 1.34 bits per heavy atom. The molecule has 3 heterocycles. The molecule has 0 N–H and O–H groups in total. The molecule has 0 spiro atoms. The Bertz CT molecular complexity index is 2170. The van der Waals surface area contributed by atoms with Crippen LogP contribution in [0, 0.1) is 0 Å². The van der Waals surface area contributed by atoms with Gasteiger partial charge in [0.25, 0.3) is 0 Å². The normalized spacial score (nSPS) is 11.7. The van der Waals surface area contributed by atoms with Gasteiger partial charge in [0.15, 0.2) is 0 Å². The maximum Gasteiger partial charge on any atom is 0.146 e. The molecule has 0 aliphatic rings. The first-order valence-electron chi connectivity index (χ1n) is 12.7. The molecule has 0 bridgehead atoms. The van der Waals surface area contributed by atoms with Crippen molar-refractivity contribution in [1.82, 2.24) is 14.4 Å². The second-order valence-corrected chi connectivity index (χ2v) is 9.49. The SMILES string of the molecule is c1cc(Oc2ccc3c4ccccc4n4c5ccccc5nc4c3c2)cc(-c2nccc3ccccc23)c1. The quantitative estimate of drug-likeness (QED) is 0.234. The molecular formula is C34H21N3O. The van der Waals surface area contributed by atoms with E-state index in [1.807, 2.05) is 42.6 Å². The first kappa shape index (κ1) is 20.9. The van der Waals surface area contributed by atoms with Crippen LogP contribution in [-0.4, -0.2) is 14.4 Å². The molecule has 4 nitrogen and oxygen atoms in total. The molecule has 8 aromatic rings. The Labute approximate surface area is 218 Å². The van der Waals surface area contributed by atoms with Gasteiger partial charge in [-0.15, -0.1) is 0 Å². The van der Waals surface area contributed by atoms with Gasteiger partial charge in [0.2, 0.25) is 0 Å². The van der Waals surface area contributed by atoms with E-state index in [1.165, 1.54) is 10.8 Å². The van der Waals surface area contributed by atoms with E-state index in [0.717, 1.165) is 61.1 Å². The Hall–Kier alpha value is -5.22. The lowest BCUT2D eigenvalue weighted by atomic mass is 10.0. The molecule has 0 amide bonds. The van der Waals surface area contributed by atoms with E-state index < -0.39 is 0 Å². The second kappa shape index (κ2) is 8.15. The van der Waals surface area contributed by atoms with E-state index in [0.29, 0.717) is 0 Å². The number of nitrogens with zero attached hydrogens (tertiary/aromatic N) is 3. The number of pyridine rings is 2. The van der Waals surface area contributed by atoms with E-state index in [9.17, 15) is 0 Å². The van der Waals surface area contributed by atoms with Gasteiger partial charge in [0, 0.05) is 27.9 Å². The zero-order chi connectivity index (χ0) is 25.1. The van der Waals surface area contributed by atoms with Gasteiger partial charge in [0.1, 0.15) is 17.1 Å². The summed E-state index contributed by atoms with van der Waals surface area (Å²) in [4.78, 5) is 9.71. The molecule has 8 rings (SSSR count). The van der Waals surface area contributed by atoms with E-state index in [2.05, 4.69) is 94.3 Å². The van der Waals surface area contributed by atoms with Gasteiger partial charge in [-0.25, -0.2) is 4.98 Å². The summed E-state index contributed by atoms with van der Waals surface area (Å²) in [6.45, 7) is 0. The number of hydrogen-bond donors (Lipinski definition) is 0. The molecule has 178 valence electrons. The van der Waals surface area contributed by atoms with Crippen LogP contribution in [0.15, 0.2) is 128 Å². The van der Waals surface area contributed by atoms with Crippen molar-refractivity contribution in [2.45, 2.75) is 0 Å². The summed E-state index contributed by atoms with van der Waals surface area (Å²) in [5.74, 6) is 1.53. The topological polar surface area (TPSA) is 39.4 Å². The lowest BCUT2D eigenvalue weighted by Gasteiger charge is -2.12. The number of imidazole rings is 1. The highest BCUT2D eigenvalue weighted by Crippen LogP contribution is 2.36. The minimum absolute atomic E-state index is 0.766. The average Bonchev–Trinajstić information content (AvgIpc) is 3.37. The number of para-hydroxylation sites is 3. The summed E-state index contributed by atoms with van der Waals surface area (Å²) in [6.07, 6.45) is 1.86. The summed E-state index contributed by atoms with van der Waals surface area (Å²) in [5, 5.41) is 5.70. The third kappa shape index (κ3) is 3.17. The fourth-order valence-electron chi connectivity index (χ4n) is 5.55. The van der Waals surface area contributed by atoms with Crippen LogP contribution < -0.4 is 4.74 Å². The Morgan fingerprint density at radius 3 is 2.29 bits per heavy atom. The Balaban J connectivity index is 1.28. The molecule has 3 aromatic heterocycles. The zero-order valence-corrected chi connectivity index (χ0v) is 20.4. The van der Waals surface area contributed by atoms with Gasteiger partial charge >= 0.3 is 0 Å². The van der Waals surface area contributed by atoms with Crippen molar-refractivity contribution in [2.24, 2.45) is 0 Å². The average molecular weight is 488 g/mol. The second-order valence-electron chi connectivity index (χ2n) is 9.49. The van der Waals surface area contributed by atoms with Crippen LogP contribution in [0.4, 0.5) is 0 Å². The molecule has 0 atom stereocenters. The van der Waals surface area contributed by atoms with Gasteiger partial charge < -0.3 is 4.74 Å². The van der Waals surface area contributed by atoms with Crippen LogP contribution in [0.1, 0.15) is 0 Å². The highest BCUT2D eigenvalue weighted by molar-refractivity contribution is 6.14. The number of aromatic nitrogens is 3. The fourth-order valence-corrected chi connectivity index (χ4v) is 5.55. The first-order valence-corrected chi connectivity index (χ1v) is 12.7. The molecule has 5 aromatic carbocycles. The summed E-state index contributed by atoms with van der Waals surface area (Å²) in [7, 11) is 0. The van der Waals surface area contributed by atoms with Gasteiger partial charge in [-0.3, -0.25) is 9.38 Å². The van der Waals surface area contributed by atoms with Gasteiger partial charge in [0.05, 0.1) is 22.2 Å². The molecule has 0 aliphatic heterocycles. The number of fused-ring (bicyclic) bond motifs is 9. The van der Waals surface area contributed by atoms with Crippen LogP contribution in [0.5, 0.6) is 11.5 Å². The van der Waals surface area contributed by atoms with Crippen LogP contribution in [0.3, 0.4) is 0 Å². The van der Waals surface area contributed by atoms with Gasteiger partial charge in [-0.1, -0.05) is 66.7 Å². The van der Waals surface area contributed by atoms with E-state index >= 15 is 0 Å². The molecule has 4 heteroatoms. The van der Waals surface area contributed by atoms with Crippen molar-refractivity contribution in [3.05, 3.63) is 128 Å². The maximum atomic E-state index is 6.43. The predicted octanol–water partition coefficient (Wildman–Crippen LogP) is 8.80. The summed E-state index contributed by atoms with van der Waals surface area (Å²) in [5.41, 5.74) is 6.12. The maximum absolute atomic E-state index is 6.43. The van der Waals surface area contributed by atoms with E-state index in [-0.39, 0.29) is 0 Å². The van der Waals surface area contributed by atoms with Crippen molar-refractivity contribution in [1.29, 1.82) is 0 Å². The standard InChI is InChI=1S/C34H21N3O/c1-2-11-26-22(8-1)18-19-35-33(26)23-9-7-10-24(20-23)38-25-16-17-27-28-12-3-5-14-31(28)37-32-15-6-4-13-30(32)36-34(37)29(27)21-25/h1-21H. The zero-order valence-electron chi connectivity index (χ0n) is 20.4. The smallest absolute Gasteiger partial charge is 0.146 e. The molecule has 0 fully saturated rings. The van der Waals surface area contributed by atoms with Crippen LogP contribution in [0.2, 0.25) is 0 Å². The van der Waals surface area contributed by atoms with Crippen molar-refractivity contribution >= 4 is 49.1 Å². The first-order chi connectivity index (χ1) is 18.8. The number of rotatable bonds is 3. The highest BCUT2D eigenvalue weighted by Gasteiger charge is 2.14. The van der Waals surface area contributed by atoms with Crippen LogP contribution in [0.25, 0.3) is 60.4 Å². The highest BCUT2D eigenvalue weighted by atomic mass is 16.5. The van der Waals surface area contributed by atoms with Crippen LogP contribution >= 0.6 is 0 Å². The summed E-state index contributed by atoms with van der Waals surface area (Å²) in [6, 6.07) is 41.6. The van der Waals surface area contributed by atoms with Crippen molar-refractivity contribution < 1.29 is 4.74 Å². The molecule has 0 saturated carbocycles. The van der Waals surface area contributed by atoms with Gasteiger partial charge in [-0.05, 0) is 65.4 Å². The summed E-state index contributed by atoms with van der Waals surface area (Å²) >= 11 is 0. The van der Waals surface area contributed by atoms with E-state index in [1.54, 1.807) is 0 Å². The molecule has 0 radical (unpaired) electrons. The number of benzene rings is 5. The summed E-state index contributed by atoms with van der Waals surface area (Å²) < 4.78 is 8.68. The third-order valence-corrected chi connectivity index (χ3v) is 7.24. The van der Waals surface area contributed by atoms with Crippen LogP contribution in [-0.2, 0) is 0 Å². The molecule has 38 heavy (non-hydrogen) atoms. The monoisotopic (exact) mass is 487 g/mol. The largest absolute Gasteiger partial charge is 0.457 e. The minimum Gasteiger partial charge on any atom is -0.457 e. The van der Waals surface area contributed by atoms with Gasteiger partial charge in [-0.2, -0.15) is 0 Å². The fraction of sp³-hybridized carbons (Fsp3) is 0. The Morgan fingerprint density at radius 1 is 0.553 bits per heavy atom. The predicted molar refractivity (Wildman–Crippen MR) is 155 cm³/mol. The minimum atomic E-state index is 0.766. The molecule has 0 saturated heterocycles. The third-order valence-electron chi connectivity index (χ3n) is 7.24. The van der Waals surface area contributed by atoms with Crippen molar-refractivity contribution in [2.75, 3.05) is 0 Å². The van der Waals surface area contributed by atoms with Crippen molar-refractivity contribution in [3.63, 3.8) is 0 Å². The molecule has 0 aliphatic carbocycles. The number of hydrogen-bond acceptors (Lipinski definition) is 3. The lowest BCUT2D eigenvalue weighted by molar-refractivity contribution is 0.483. The lowest BCUT2D eigenvalue weighted by Crippen LogP contribution is -1.92. The van der Waals surface area contributed by atoms with Crippen molar-refractivity contribution in [3.8, 4) is 22.8 Å². The molecular weight excluding hydrogens is 466 g/mol. The van der Waals surface area contributed by atoms with E-state index in [4.69, 9.17) is 9.72 Å². The molecule has 0 unspecified atom stereocenters. The number of ether oxygens (including phenoxy) is 1. The Kier molecular flexibility index (Phi) is 4.49.